The highest BCUT2D eigenvalue weighted by atomic mass is 16.6. The summed E-state index contributed by atoms with van der Waals surface area (Å²) in [5.74, 6) is 0.963. The lowest BCUT2D eigenvalue weighted by atomic mass is 9.89. The van der Waals surface area contributed by atoms with Crippen molar-refractivity contribution in [2.75, 3.05) is 13.1 Å². The Hall–Kier alpha value is -2.80. The van der Waals surface area contributed by atoms with Crippen LogP contribution in [0.4, 0.5) is 4.79 Å². The minimum atomic E-state index is -0.291. The van der Waals surface area contributed by atoms with E-state index in [1.807, 2.05) is 36.4 Å². The van der Waals surface area contributed by atoms with Gasteiger partial charge in [0.2, 0.25) is 0 Å². The van der Waals surface area contributed by atoms with Gasteiger partial charge in [0, 0.05) is 13.1 Å². The number of benzene rings is 2. The molecule has 3 rings (SSSR count). The summed E-state index contributed by atoms with van der Waals surface area (Å²) in [6.45, 7) is 1.35. The molecule has 1 fully saturated rings. The monoisotopic (exact) mass is 306 g/mol. The third kappa shape index (κ3) is 3.70. The number of carbonyl (C=O) groups is 1. The van der Waals surface area contributed by atoms with Crippen molar-refractivity contribution < 1.29 is 9.53 Å². The lowest BCUT2D eigenvalue weighted by Crippen LogP contribution is -2.39. The van der Waals surface area contributed by atoms with E-state index in [0.717, 1.165) is 12.8 Å². The SMILES string of the molecule is N#Cc1cccc(C2CCN(C(=O)Oc3ccccc3)CC2)c1. The largest absolute Gasteiger partial charge is 0.415 e. The maximum Gasteiger partial charge on any atom is 0.415 e. The summed E-state index contributed by atoms with van der Waals surface area (Å²) in [4.78, 5) is 13.9. The number of carbonyl (C=O) groups excluding carboxylic acids is 1. The summed E-state index contributed by atoms with van der Waals surface area (Å²) in [7, 11) is 0. The summed E-state index contributed by atoms with van der Waals surface area (Å²) in [6.07, 6.45) is 1.48. The molecule has 116 valence electrons. The highest BCUT2D eigenvalue weighted by Crippen LogP contribution is 2.28. The minimum absolute atomic E-state index is 0.291. The van der Waals surface area contributed by atoms with Gasteiger partial charge < -0.3 is 9.64 Å². The van der Waals surface area contributed by atoms with Crippen LogP contribution >= 0.6 is 0 Å². The van der Waals surface area contributed by atoms with Crippen LogP contribution in [-0.4, -0.2) is 24.1 Å². The van der Waals surface area contributed by atoms with Crippen LogP contribution in [0.5, 0.6) is 5.75 Å². The molecule has 0 N–H and O–H groups in total. The molecule has 0 bridgehead atoms. The van der Waals surface area contributed by atoms with E-state index in [9.17, 15) is 4.79 Å². The summed E-state index contributed by atoms with van der Waals surface area (Å²) in [5, 5.41) is 9.00. The van der Waals surface area contributed by atoms with Crippen molar-refractivity contribution in [3.05, 3.63) is 65.7 Å². The van der Waals surface area contributed by atoms with Gasteiger partial charge in [0.25, 0.3) is 0 Å². The Balaban J connectivity index is 1.58. The van der Waals surface area contributed by atoms with Crippen molar-refractivity contribution >= 4 is 6.09 Å². The molecule has 0 aromatic heterocycles. The van der Waals surface area contributed by atoms with E-state index < -0.39 is 0 Å². The number of hydrogen-bond acceptors (Lipinski definition) is 3. The van der Waals surface area contributed by atoms with Gasteiger partial charge in [-0.25, -0.2) is 4.79 Å². The van der Waals surface area contributed by atoms with Gasteiger partial charge in [0.15, 0.2) is 0 Å². The molecule has 0 unspecified atom stereocenters. The predicted molar refractivity (Wildman–Crippen MR) is 87.2 cm³/mol. The summed E-state index contributed by atoms with van der Waals surface area (Å²) >= 11 is 0. The number of hydrogen-bond donors (Lipinski definition) is 0. The predicted octanol–water partition coefficient (Wildman–Crippen LogP) is 3.94. The molecule has 1 aliphatic rings. The molecule has 1 heterocycles. The molecule has 0 atom stereocenters. The van der Waals surface area contributed by atoms with E-state index in [1.165, 1.54) is 5.56 Å². The number of ether oxygens (including phenoxy) is 1. The van der Waals surface area contributed by atoms with Gasteiger partial charge in [0.05, 0.1) is 11.6 Å². The van der Waals surface area contributed by atoms with E-state index in [1.54, 1.807) is 17.0 Å². The molecule has 0 saturated carbocycles. The van der Waals surface area contributed by atoms with Gasteiger partial charge in [-0.2, -0.15) is 5.26 Å². The summed E-state index contributed by atoms with van der Waals surface area (Å²) < 4.78 is 5.38. The molecule has 2 aromatic rings. The first-order chi connectivity index (χ1) is 11.3. The third-order valence-corrected chi connectivity index (χ3v) is 4.19. The second-order valence-electron chi connectivity index (χ2n) is 5.68. The fourth-order valence-corrected chi connectivity index (χ4v) is 2.91. The zero-order valence-electron chi connectivity index (χ0n) is 12.8. The van der Waals surface area contributed by atoms with E-state index in [2.05, 4.69) is 12.1 Å². The topological polar surface area (TPSA) is 53.3 Å². The lowest BCUT2D eigenvalue weighted by Gasteiger charge is -2.31. The number of amides is 1. The maximum atomic E-state index is 12.2. The second-order valence-corrected chi connectivity index (χ2v) is 5.68. The third-order valence-electron chi connectivity index (χ3n) is 4.19. The quantitative estimate of drug-likeness (QED) is 0.844. The molecule has 0 radical (unpaired) electrons. The molecular formula is C19H18N2O2. The van der Waals surface area contributed by atoms with Crippen molar-refractivity contribution in [3.8, 4) is 11.8 Å². The maximum absolute atomic E-state index is 12.2. The molecule has 4 heteroatoms. The van der Waals surface area contributed by atoms with Crippen LogP contribution in [0.2, 0.25) is 0 Å². The molecule has 0 spiro atoms. The van der Waals surface area contributed by atoms with Gasteiger partial charge >= 0.3 is 6.09 Å². The Kier molecular flexibility index (Phi) is 4.58. The Morgan fingerprint density at radius 2 is 1.83 bits per heavy atom. The smallest absolute Gasteiger partial charge is 0.410 e. The van der Waals surface area contributed by atoms with Crippen molar-refractivity contribution in [1.82, 2.24) is 4.90 Å². The number of rotatable bonds is 2. The molecule has 0 aliphatic carbocycles. The Labute approximate surface area is 135 Å². The fourth-order valence-electron chi connectivity index (χ4n) is 2.91. The molecule has 1 aliphatic heterocycles. The normalized spacial score (nSPS) is 15.0. The second kappa shape index (κ2) is 6.97. The zero-order chi connectivity index (χ0) is 16.1. The van der Waals surface area contributed by atoms with Crippen LogP contribution < -0.4 is 4.74 Å². The van der Waals surface area contributed by atoms with Crippen molar-refractivity contribution in [2.24, 2.45) is 0 Å². The van der Waals surface area contributed by atoms with Gasteiger partial charge in [-0.3, -0.25) is 0 Å². The number of likely N-dealkylation sites (tertiary alicyclic amines) is 1. The number of para-hydroxylation sites is 1. The van der Waals surface area contributed by atoms with E-state index in [0.29, 0.717) is 30.3 Å². The molecular weight excluding hydrogens is 288 g/mol. The van der Waals surface area contributed by atoms with Crippen molar-refractivity contribution in [2.45, 2.75) is 18.8 Å². The highest BCUT2D eigenvalue weighted by Gasteiger charge is 2.25. The molecule has 23 heavy (non-hydrogen) atoms. The minimum Gasteiger partial charge on any atom is -0.410 e. The van der Waals surface area contributed by atoms with E-state index >= 15 is 0 Å². The van der Waals surface area contributed by atoms with Gasteiger partial charge in [-0.1, -0.05) is 30.3 Å². The highest BCUT2D eigenvalue weighted by molar-refractivity contribution is 5.70. The zero-order valence-corrected chi connectivity index (χ0v) is 12.8. The first kappa shape index (κ1) is 15.1. The van der Waals surface area contributed by atoms with Crippen LogP contribution in [0, 0.1) is 11.3 Å². The first-order valence-electron chi connectivity index (χ1n) is 7.78. The van der Waals surface area contributed by atoms with Crippen LogP contribution in [0.3, 0.4) is 0 Å². The molecule has 2 aromatic carbocycles. The standard InChI is InChI=1S/C19H18N2O2/c20-14-15-5-4-6-17(13-15)16-9-11-21(12-10-16)19(22)23-18-7-2-1-3-8-18/h1-8,13,16H,9-12H2. The van der Waals surface area contributed by atoms with Crippen LogP contribution in [0.1, 0.15) is 29.9 Å². The van der Waals surface area contributed by atoms with Crippen molar-refractivity contribution in [3.63, 3.8) is 0 Å². The Morgan fingerprint density at radius 3 is 2.52 bits per heavy atom. The Bertz CT molecular complexity index is 714. The molecule has 1 saturated heterocycles. The number of nitrogens with zero attached hydrogens (tertiary/aromatic N) is 2. The van der Waals surface area contributed by atoms with Gasteiger partial charge in [-0.15, -0.1) is 0 Å². The number of nitriles is 1. The van der Waals surface area contributed by atoms with Crippen LogP contribution in [0.15, 0.2) is 54.6 Å². The van der Waals surface area contributed by atoms with Crippen molar-refractivity contribution in [1.29, 1.82) is 5.26 Å². The van der Waals surface area contributed by atoms with Crippen LogP contribution in [-0.2, 0) is 0 Å². The van der Waals surface area contributed by atoms with Crippen LogP contribution in [0.25, 0.3) is 0 Å². The van der Waals surface area contributed by atoms with E-state index in [-0.39, 0.29) is 6.09 Å². The van der Waals surface area contributed by atoms with E-state index in [4.69, 9.17) is 10.00 Å². The summed E-state index contributed by atoms with van der Waals surface area (Å²) in [5.41, 5.74) is 1.87. The average molecular weight is 306 g/mol. The fraction of sp³-hybridized carbons (Fsp3) is 0.263. The lowest BCUT2D eigenvalue weighted by molar-refractivity contribution is 0.138. The molecule has 4 nitrogen and oxygen atoms in total. The number of piperidine rings is 1. The van der Waals surface area contributed by atoms with Gasteiger partial charge in [0.1, 0.15) is 5.75 Å². The summed E-state index contributed by atoms with van der Waals surface area (Å²) in [6, 6.07) is 19.0. The first-order valence-corrected chi connectivity index (χ1v) is 7.78. The van der Waals surface area contributed by atoms with Gasteiger partial charge in [-0.05, 0) is 48.6 Å². The average Bonchev–Trinajstić information content (AvgIpc) is 2.63. The molecule has 1 amide bonds. The Morgan fingerprint density at radius 1 is 1.09 bits per heavy atom.